The number of alkyl halides is 5. The highest BCUT2D eigenvalue weighted by atomic mass is 35.5. The van der Waals surface area contributed by atoms with E-state index >= 15 is 0 Å². The molecule has 0 atom stereocenters. The fourth-order valence-electron chi connectivity index (χ4n) is 2.87. The maximum Gasteiger partial charge on any atom is 0.435 e. The molecule has 2 heterocycles. The summed E-state index contributed by atoms with van der Waals surface area (Å²) in [5.41, 5.74) is -2.74. The van der Waals surface area contributed by atoms with Crippen LogP contribution in [0.15, 0.2) is 24.3 Å². The lowest BCUT2D eigenvalue weighted by atomic mass is 10.1. The minimum atomic E-state index is -4.70. The number of halogens is 7. The zero-order chi connectivity index (χ0) is 23.3. The van der Waals surface area contributed by atoms with Gasteiger partial charge in [-0.3, -0.25) is 14.2 Å². The van der Waals surface area contributed by atoms with Crippen molar-refractivity contribution in [1.29, 1.82) is 0 Å². The van der Waals surface area contributed by atoms with Gasteiger partial charge in [0.1, 0.15) is 16.5 Å². The van der Waals surface area contributed by atoms with Crippen LogP contribution in [-0.4, -0.2) is 25.5 Å². The number of anilines is 1. The van der Waals surface area contributed by atoms with Crippen LogP contribution in [0.3, 0.4) is 0 Å². The predicted molar refractivity (Wildman–Crippen MR) is 99.3 cm³/mol. The van der Waals surface area contributed by atoms with E-state index in [-0.39, 0.29) is 22.6 Å². The van der Waals surface area contributed by atoms with E-state index in [9.17, 15) is 31.1 Å². The average molecular weight is 466 g/mol. The molecule has 3 rings (SSSR count). The Balaban J connectivity index is 1.89. The summed E-state index contributed by atoms with van der Waals surface area (Å²) in [5.74, 6) is -5.26. The highest BCUT2D eigenvalue weighted by Crippen LogP contribution is 2.35. The van der Waals surface area contributed by atoms with Crippen LogP contribution in [-0.2, 0) is 26.2 Å². The standard InChI is InChI=1S/C18H14ClF6N5O/c1-17(21,22)15-13(19)14(30(3)28-15)16(31)26-8-4-5-9(10(20)6-8)11-7-12(18(23,24)25)27-29(11)2/h4-7H,1-3H3,(H,26,31). The number of aryl methyl sites for hydroxylation is 2. The summed E-state index contributed by atoms with van der Waals surface area (Å²) < 4.78 is 81.9. The van der Waals surface area contributed by atoms with E-state index in [2.05, 4.69) is 15.5 Å². The van der Waals surface area contributed by atoms with Crippen molar-refractivity contribution in [2.45, 2.75) is 19.0 Å². The number of hydrogen-bond donors (Lipinski definition) is 1. The molecule has 2 aromatic heterocycles. The maximum absolute atomic E-state index is 14.6. The molecule has 0 saturated heterocycles. The second-order valence-electron chi connectivity index (χ2n) is 6.71. The number of aromatic nitrogens is 4. The molecule has 166 valence electrons. The van der Waals surface area contributed by atoms with Gasteiger partial charge in [-0.25, -0.2) is 4.39 Å². The van der Waals surface area contributed by atoms with Gasteiger partial charge in [0.25, 0.3) is 11.8 Å². The number of nitrogens with zero attached hydrogens (tertiary/aromatic N) is 4. The lowest BCUT2D eigenvalue weighted by Crippen LogP contribution is -2.16. The molecule has 0 fully saturated rings. The summed E-state index contributed by atoms with van der Waals surface area (Å²) in [6.07, 6.45) is -4.70. The van der Waals surface area contributed by atoms with Gasteiger partial charge in [0.15, 0.2) is 11.4 Å². The number of hydrogen-bond acceptors (Lipinski definition) is 3. The molecule has 13 heteroatoms. The van der Waals surface area contributed by atoms with E-state index in [0.717, 1.165) is 21.5 Å². The van der Waals surface area contributed by atoms with Gasteiger partial charge in [-0.2, -0.15) is 32.1 Å². The molecule has 0 unspecified atom stereocenters. The maximum atomic E-state index is 14.6. The van der Waals surface area contributed by atoms with Gasteiger partial charge in [-0.05, 0) is 24.3 Å². The van der Waals surface area contributed by atoms with Crippen LogP contribution in [0.5, 0.6) is 0 Å². The van der Waals surface area contributed by atoms with Crippen LogP contribution in [0.2, 0.25) is 5.02 Å². The zero-order valence-electron chi connectivity index (χ0n) is 16.2. The minimum absolute atomic E-state index is 0.0773. The Morgan fingerprint density at radius 3 is 2.19 bits per heavy atom. The first-order valence-electron chi connectivity index (χ1n) is 8.53. The second-order valence-corrected chi connectivity index (χ2v) is 7.09. The number of carbonyl (C=O) groups is 1. The van der Waals surface area contributed by atoms with E-state index < -0.39 is 40.2 Å². The zero-order valence-corrected chi connectivity index (χ0v) is 16.9. The molecule has 3 aromatic rings. The summed E-state index contributed by atoms with van der Waals surface area (Å²) in [7, 11) is 2.46. The molecule has 0 bridgehead atoms. The third-order valence-corrected chi connectivity index (χ3v) is 4.65. The first kappa shape index (κ1) is 22.7. The Bertz CT molecular complexity index is 1160. The van der Waals surface area contributed by atoms with Crippen LogP contribution in [0.4, 0.5) is 32.0 Å². The van der Waals surface area contributed by atoms with Gasteiger partial charge in [0, 0.05) is 32.3 Å². The molecule has 1 amide bonds. The molecular weight excluding hydrogens is 452 g/mol. The SMILES string of the molecule is Cn1nc(C(F)(F)F)cc1-c1ccc(NC(=O)c2c(Cl)c(C(C)(F)F)nn2C)cc1F. The van der Waals surface area contributed by atoms with Crippen LogP contribution >= 0.6 is 11.6 Å². The van der Waals surface area contributed by atoms with E-state index in [1.54, 1.807) is 0 Å². The van der Waals surface area contributed by atoms with Crippen molar-refractivity contribution >= 4 is 23.2 Å². The first-order chi connectivity index (χ1) is 14.2. The lowest BCUT2D eigenvalue weighted by Gasteiger charge is -2.09. The quantitative estimate of drug-likeness (QED) is 0.552. The predicted octanol–water partition coefficient (Wildman–Crippen LogP) is 5.00. The summed E-state index contributed by atoms with van der Waals surface area (Å²) >= 11 is 5.87. The number of nitrogens with one attached hydrogen (secondary N) is 1. The molecular formula is C18H14ClF6N5O. The lowest BCUT2D eigenvalue weighted by molar-refractivity contribution is -0.141. The molecule has 0 saturated carbocycles. The number of amides is 1. The van der Waals surface area contributed by atoms with Gasteiger partial charge >= 0.3 is 6.18 Å². The molecule has 6 nitrogen and oxygen atoms in total. The molecule has 31 heavy (non-hydrogen) atoms. The smallest absolute Gasteiger partial charge is 0.321 e. The van der Waals surface area contributed by atoms with Crippen LogP contribution in [0.25, 0.3) is 11.3 Å². The van der Waals surface area contributed by atoms with Crippen LogP contribution < -0.4 is 5.32 Å². The molecule has 0 spiro atoms. The number of benzene rings is 1. The van der Waals surface area contributed by atoms with Crippen molar-refractivity contribution in [3.8, 4) is 11.3 Å². The van der Waals surface area contributed by atoms with Crippen LogP contribution in [0.1, 0.15) is 28.8 Å². The Kier molecular flexibility index (Phi) is 5.55. The Morgan fingerprint density at radius 2 is 1.71 bits per heavy atom. The fourth-order valence-corrected chi connectivity index (χ4v) is 3.29. The highest BCUT2D eigenvalue weighted by Gasteiger charge is 2.36. The first-order valence-corrected chi connectivity index (χ1v) is 8.91. The van der Waals surface area contributed by atoms with E-state index in [1.807, 2.05) is 0 Å². The van der Waals surface area contributed by atoms with Crippen molar-refractivity contribution in [3.05, 3.63) is 52.2 Å². The molecule has 1 aromatic carbocycles. The molecule has 0 radical (unpaired) electrons. The third kappa shape index (κ3) is 4.38. The summed E-state index contributed by atoms with van der Waals surface area (Å²) in [6.45, 7) is 0.569. The van der Waals surface area contributed by atoms with E-state index in [0.29, 0.717) is 13.0 Å². The van der Waals surface area contributed by atoms with Gasteiger partial charge < -0.3 is 5.32 Å². The number of carbonyl (C=O) groups excluding carboxylic acids is 1. The van der Waals surface area contributed by atoms with Gasteiger partial charge in [-0.15, -0.1) is 0 Å². The normalized spacial score (nSPS) is 12.3. The van der Waals surface area contributed by atoms with E-state index in [4.69, 9.17) is 11.6 Å². The monoisotopic (exact) mass is 465 g/mol. The van der Waals surface area contributed by atoms with Crippen LogP contribution in [0, 0.1) is 5.82 Å². The minimum Gasteiger partial charge on any atom is -0.321 e. The van der Waals surface area contributed by atoms with Crippen molar-refractivity contribution in [3.63, 3.8) is 0 Å². The average Bonchev–Trinajstić information content (AvgIpc) is 3.14. The largest absolute Gasteiger partial charge is 0.435 e. The van der Waals surface area contributed by atoms with Crippen molar-refractivity contribution in [2.75, 3.05) is 5.32 Å². The second kappa shape index (κ2) is 7.59. The Morgan fingerprint density at radius 1 is 1.06 bits per heavy atom. The summed E-state index contributed by atoms with van der Waals surface area (Å²) in [6, 6.07) is 3.94. The van der Waals surface area contributed by atoms with Gasteiger partial charge in [0.2, 0.25) is 0 Å². The van der Waals surface area contributed by atoms with Crippen molar-refractivity contribution < 1.29 is 31.1 Å². The highest BCUT2D eigenvalue weighted by molar-refractivity contribution is 6.34. The molecule has 0 aliphatic carbocycles. The van der Waals surface area contributed by atoms with Crippen molar-refractivity contribution in [1.82, 2.24) is 19.6 Å². The molecule has 0 aliphatic heterocycles. The van der Waals surface area contributed by atoms with Crippen molar-refractivity contribution in [2.24, 2.45) is 14.1 Å². The van der Waals surface area contributed by atoms with Gasteiger partial charge in [0.05, 0.1) is 5.69 Å². The summed E-state index contributed by atoms with van der Waals surface area (Å²) in [4.78, 5) is 12.5. The van der Waals surface area contributed by atoms with Gasteiger partial charge in [-0.1, -0.05) is 11.6 Å². The Labute approximate surface area is 176 Å². The number of rotatable bonds is 4. The van der Waals surface area contributed by atoms with E-state index in [1.165, 1.54) is 20.2 Å². The Hall–Kier alpha value is -3.02. The fraction of sp³-hybridized carbons (Fsp3) is 0.278. The molecule has 0 aliphatic rings. The topological polar surface area (TPSA) is 64.7 Å². The molecule has 1 N–H and O–H groups in total. The summed E-state index contributed by atoms with van der Waals surface area (Å²) in [5, 5.41) is 8.61. The third-order valence-electron chi connectivity index (χ3n) is 4.29.